The van der Waals surface area contributed by atoms with Crippen molar-refractivity contribution in [2.45, 2.75) is 32.4 Å². The Morgan fingerprint density at radius 1 is 1.08 bits per heavy atom. The molecule has 5 rings (SSSR count). The number of aromatic nitrogens is 1. The number of benzene rings is 2. The van der Waals surface area contributed by atoms with Crippen LogP contribution in [0.4, 0.5) is 15.9 Å². The summed E-state index contributed by atoms with van der Waals surface area (Å²) in [6.07, 6.45) is -0.603. The summed E-state index contributed by atoms with van der Waals surface area (Å²) in [6.45, 7) is 3.50. The van der Waals surface area contributed by atoms with Crippen LogP contribution in [-0.2, 0) is 20.9 Å². The van der Waals surface area contributed by atoms with Gasteiger partial charge in [-0.25, -0.2) is 4.39 Å². The Morgan fingerprint density at radius 3 is 2.49 bits per heavy atom. The number of aliphatic carboxylic acids is 1. The lowest BCUT2D eigenvalue weighted by atomic mass is 9.89. The average Bonchev–Trinajstić information content (AvgIpc) is 3.53. The van der Waals surface area contributed by atoms with Crippen LogP contribution in [0.25, 0.3) is 10.1 Å². The molecule has 11 heteroatoms. The normalized spacial score (nSPS) is 16.9. The molecular formula is C28H29FN4O5S. The number of carboxylic acid groups (broad SMARTS) is 1. The molecule has 39 heavy (non-hydrogen) atoms. The van der Waals surface area contributed by atoms with E-state index in [4.69, 9.17) is 5.11 Å². The van der Waals surface area contributed by atoms with E-state index in [1.165, 1.54) is 16.4 Å². The molecule has 0 spiro atoms. The van der Waals surface area contributed by atoms with E-state index in [-0.39, 0.29) is 18.9 Å². The summed E-state index contributed by atoms with van der Waals surface area (Å²) < 4.78 is 18.9. The highest BCUT2D eigenvalue weighted by atomic mass is 32.1. The summed E-state index contributed by atoms with van der Waals surface area (Å²) in [4.78, 5) is 55.7. The highest BCUT2D eigenvalue weighted by Gasteiger charge is 2.41. The van der Waals surface area contributed by atoms with Gasteiger partial charge in [-0.3, -0.25) is 19.2 Å². The maximum Gasteiger partial charge on any atom is 0.304 e. The Labute approximate surface area is 229 Å². The van der Waals surface area contributed by atoms with Gasteiger partial charge in [-0.1, -0.05) is 25.1 Å². The first-order valence-electron chi connectivity index (χ1n) is 12.9. The summed E-state index contributed by atoms with van der Waals surface area (Å²) in [5.41, 5.74) is 2.15. The third kappa shape index (κ3) is 5.10. The van der Waals surface area contributed by atoms with Crippen molar-refractivity contribution >= 4 is 56.6 Å². The SMILES string of the molecule is CCC(C(=O)C(CC(=O)O)C(=O)CF)N1Cc2ccc(N3CCN(c4nsc5ccccc45)CC3)cc2C1=O. The van der Waals surface area contributed by atoms with Gasteiger partial charge >= 0.3 is 5.97 Å². The molecule has 1 N–H and O–H groups in total. The zero-order chi connectivity index (χ0) is 27.7. The third-order valence-electron chi connectivity index (χ3n) is 7.56. The van der Waals surface area contributed by atoms with Gasteiger partial charge in [0.2, 0.25) is 0 Å². The molecule has 2 aliphatic rings. The van der Waals surface area contributed by atoms with E-state index in [0.717, 1.165) is 53.3 Å². The molecule has 3 heterocycles. The molecule has 0 saturated carbocycles. The van der Waals surface area contributed by atoms with Crippen LogP contribution in [0.2, 0.25) is 0 Å². The summed E-state index contributed by atoms with van der Waals surface area (Å²) in [7, 11) is 0. The van der Waals surface area contributed by atoms with Gasteiger partial charge in [-0.15, -0.1) is 0 Å². The van der Waals surface area contributed by atoms with Crippen molar-refractivity contribution in [3.63, 3.8) is 0 Å². The predicted molar refractivity (Wildman–Crippen MR) is 146 cm³/mol. The molecule has 1 fully saturated rings. The van der Waals surface area contributed by atoms with Gasteiger partial charge in [0.1, 0.15) is 12.5 Å². The number of amides is 1. The number of ketones is 2. The topological polar surface area (TPSA) is 111 Å². The Balaban J connectivity index is 1.29. The predicted octanol–water partition coefficient (Wildman–Crippen LogP) is 3.56. The lowest BCUT2D eigenvalue weighted by molar-refractivity contribution is -0.146. The number of nitrogens with zero attached hydrogens (tertiary/aromatic N) is 4. The highest BCUT2D eigenvalue weighted by molar-refractivity contribution is 7.13. The summed E-state index contributed by atoms with van der Waals surface area (Å²) in [5, 5.41) is 10.3. The van der Waals surface area contributed by atoms with E-state index in [2.05, 4.69) is 26.3 Å². The molecule has 3 aromatic rings. The van der Waals surface area contributed by atoms with Crippen LogP contribution < -0.4 is 9.80 Å². The monoisotopic (exact) mass is 552 g/mol. The van der Waals surface area contributed by atoms with Crippen molar-refractivity contribution in [1.29, 1.82) is 0 Å². The number of piperazine rings is 1. The Morgan fingerprint density at radius 2 is 1.79 bits per heavy atom. The van der Waals surface area contributed by atoms with Crippen LogP contribution >= 0.6 is 11.5 Å². The van der Waals surface area contributed by atoms with Gasteiger partial charge in [0.15, 0.2) is 11.6 Å². The minimum absolute atomic E-state index is 0.174. The Kier molecular flexibility index (Phi) is 7.60. The number of fused-ring (bicyclic) bond motifs is 2. The Hall–Kier alpha value is -3.86. The number of carbonyl (C=O) groups is 4. The quantitative estimate of drug-likeness (QED) is 0.380. The van der Waals surface area contributed by atoms with E-state index in [0.29, 0.717) is 5.56 Å². The number of rotatable bonds is 10. The first-order valence-corrected chi connectivity index (χ1v) is 13.7. The molecule has 2 aromatic carbocycles. The van der Waals surface area contributed by atoms with Crippen LogP contribution in [0.3, 0.4) is 0 Å². The highest BCUT2D eigenvalue weighted by Crippen LogP contribution is 2.33. The van der Waals surface area contributed by atoms with E-state index in [1.54, 1.807) is 6.92 Å². The first-order chi connectivity index (χ1) is 18.8. The molecule has 2 aliphatic heterocycles. The summed E-state index contributed by atoms with van der Waals surface area (Å²) >= 11 is 1.49. The number of halogens is 1. The van der Waals surface area contributed by atoms with Crippen LogP contribution in [-0.4, -0.2) is 76.7 Å². The van der Waals surface area contributed by atoms with Crippen molar-refractivity contribution in [3.05, 3.63) is 53.6 Å². The van der Waals surface area contributed by atoms with Gasteiger partial charge in [0.05, 0.1) is 23.1 Å². The van der Waals surface area contributed by atoms with Crippen LogP contribution in [0, 0.1) is 5.92 Å². The lowest BCUT2D eigenvalue weighted by Gasteiger charge is -2.36. The first kappa shape index (κ1) is 26.7. The number of alkyl halides is 1. The van der Waals surface area contributed by atoms with E-state index < -0.39 is 42.6 Å². The second kappa shape index (κ2) is 11.1. The molecule has 2 atom stereocenters. The maximum atomic E-state index is 13.4. The molecule has 1 saturated heterocycles. The molecule has 0 bridgehead atoms. The molecule has 0 radical (unpaired) electrons. The fourth-order valence-electron chi connectivity index (χ4n) is 5.49. The smallest absolute Gasteiger partial charge is 0.304 e. The third-order valence-corrected chi connectivity index (χ3v) is 8.38. The second-order valence-corrected chi connectivity index (χ2v) is 10.6. The van der Waals surface area contributed by atoms with Crippen molar-refractivity contribution in [3.8, 4) is 0 Å². The summed E-state index contributed by atoms with van der Waals surface area (Å²) in [6, 6.07) is 12.9. The van der Waals surface area contributed by atoms with Crippen LogP contribution in [0.5, 0.6) is 0 Å². The van der Waals surface area contributed by atoms with Gasteiger partial charge in [-0.05, 0) is 47.8 Å². The zero-order valence-electron chi connectivity index (χ0n) is 21.5. The average molecular weight is 553 g/mol. The molecule has 1 aromatic heterocycles. The van der Waals surface area contributed by atoms with Gasteiger partial charge in [-0.2, -0.15) is 4.37 Å². The van der Waals surface area contributed by atoms with E-state index in [9.17, 15) is 23.6 Å². The minimum atomic E-state index is -1.62. The van der Waals surface area contributed by atoms with Crippen LogP contribution in [0.15, 0.2) is 42.5 Å². The second-order valence-electron chi connectivity index (χ2n) is 9.83. The summed E-state index contributed by atoms with van der Waals surface area (Å²) in [5.74, 6) is -4.13. The Bertz CT molecular complexity index is 1430. The molecule has 1 amide bonds. The molecule has 0 aliphatic carbocycles. The fourth-order valence-corrected chi connectivity index (χ4v) is 6.28. The van der Waals surface area contributed by atoms with Crippen molar-refractivity contribution in [1.82, 2.24) is 9.27 Å². The van der Waals surface area contributed by atoms with Crippen molar-refractivity contribution in [2.24, 2.45) is 5.92 Å². The molecule has 2 unspecified atom stereocenters. The minimum Gasteiger partial charge on any atom is -0.481 e. The fraction of sp³-hybridized carbons (Fsp3) is 0.393. The van der Waals surface area contributed by atoms with Crippen LogP contribution in [0.1, 0.15) is 35.7 Å². The molecule has 9 nitrogen and oxygen atoms in total. The van der Waals surface area contributed by atoms with Gasteiger partial charge < -0.3 is 19.8 Å². The number of hydrogen-bond donors (Lipinski definition) is 1. The van der Waals surface area contributed by atoms with Crippen molar-refractivity contribution < 1.29 is 28.7 Å². The van der Waals surface area contributed by atoms with Gasteiger partial charge in [0, 0.05) is 49.4 Å². The zero-order valence-corrected chi connectivity index (χ0v) is 22.3. The standard InChI is InChI=1S/C28H29FN4O5S/c1-2-22(26(37)21(14-25(35)36)23(34)15-29)33-16-17-7-8-18(13-20(17)28(33)38)31-9-11-32(12-10-31)27-19-5-3-4-6-24(19)39-30-27/h3-8,13,21-22H,2,9-12,14-16H2,1H3,(H,35,36). The lowest BCUT2D eigenvalue weighted by Crippen LogP contribution is -2.47. The number of carboxylic acids is 1. The largest absolute Gasteiger partial charge is 0.481 e. The van der Waals surface area contributed by atoms with Crippen molar-refractivity contribution in [2.75, 3.05) is 42.7 Å². The maximum absolute atomic E-state index is 13.4. The number of anilines is 2. The van der Waals surface area contributed by atoms with E-state index >= 15 is 0 Å². The molecular weight excluding hydrogens is 523 g/mol. The number of Topliss-reactive ketones (excluding diaryl/α,β-unsaturated/α-hetero) is 2. The number of hydrogen-bond acceptors (Lipinski definition) is 8. The number of carbonyl (C=O) groups excluding carboxylic acids is 3. The molecule has 204 valence electrons. The van der Waals surface area contributed by atoms with Gasteiger partial charge in [0.25, 0.3) is 5.91 Å². The van der Waals surface area contributed by atoms with E-state index in [1.807, 2.05) is 30.3 Å².